The van der Waals surface area contributed by atoms with Crippen LogP contribution in [0.25, 0.3) is 10.8 Å². The van der Waals surface area contributed by atoms with E-state index < -0.39 is 0 Å². The van der Waals surface area contributed by atoms with Crippen LogP contribution in [0.15, 0.2) is 35.3 Å². The van der Waals surface area contributed by atoms with Crippen molar-refractivity contribution in [2.24, 2.45) is 0 Å². The van der Waals surface area contributed by atoms with Crippen LogP contribution in [0, 0.1) is 0 Å². The van der Waals surface area contributed by atoms with Gasteiger partial charge in [-0.2, -0.15) is 5.10 Å². The van der Waals surface area contributed by atoms with Crippen molar-refractivity contribution >= 4 is 10.8 Å². The Morgan fingerprint density at radius 3 is 2.95 bits per heavy atom. The molecule has 0 saturated carbocycles. The van der Waals surface area contributed by atoms with Crippen LogP contribution in [-0.4, -0.2) is 59.1 Å². The number of benzene rings is 1. The maximum Gasteiger partial charge on any atom is 0.274 e. The third kappa shape index (κ3) is 4.37. The predicted molar refractivity (Wildman–Crippen MR) is 88.1 cm³/mol. The molecule has 0 spiro atoms. The van der Waals surface area contributed by atoms with E-state index in [0.29, 0.717) is 25.0 Å². The number of nitrogens with one attached hydrogen (secondary N) is 1. The van der Waals surface area contributed by atoms with E-state index in [1.165, 1.54) is 4.68 Å². The summed E-state index contributed by atoms with van der Waals surface area (Å²) in [6.45, 7) is 4.99. The number of aliphatic hydroxyl groups is 1. The molecule has 0 amide bonds. The molecule has 1 atom stereocenters. The van der Waals surface area contributed by atoms with Crippen molar-refractivity contribution in [1.82, 2.24) is 20.0 Å². The van der Waals surface area contributed by atoms with Crippen molar-refractivity contribution in [3.8, 4) is 0 Å². The van der Waals surface area contributed by atoms with E-state index in [2.05, 4.69) is 22.2 Å². The fourth-order valence-corrected chi connectivity index (χ4v) is 2.50. The molecule has 1 aromatic carbocycles. The first kappa shape index (κ1) is 16.6. The first-order valence-electron chi connectivity index (χ1n) is 7.59. The smallest absolute Gasteiger partial charge is 0.274 e. The highest BCUT2D eigenvalue weighted by atomic mass is 16.3. The molecule has 1 heterocycles. The van der Waals surface area contributed by atoms with Crippen molar-refractivity contribution in [1.29, 1.82) is 0 Å². The van der Waals surface area contributed by atoms with Gasteiger partial charge in [-0.05, 0) is 20.0 Å². The number of fused-ring (bicyclic) bond motifs is 1. The summed E-state index contributed by atoms with van der Waals surface area (Å²) in [5.74, 6) is 0. The summed E-state index contributed by atoms with van der Waals surface area (Å²) in [5.41, 5.74) is -0.0510. The van der Waals surface area contributed by atoms with Gasteiger partial charge in [0.25, 0.3) is 5.56 Å². The minimum atomic E-state index is -0.0510. The molecular weight excluding hydrogens is 280 g/mol. The normalized spacial score (nSPS) is 12.9. The Morgan fingerprint density at radius 2 is 2.18 bits per heavy atom. The van der Waals surface area contributed by atoms with Gasteiger partial charge in [-0.3, -0.25) is 4.79 Å². The molecule has 0 aliphatic rings. The lowest BCUT2D eigenvalue weighted by atomic mass is 10.2. The highest BCUT2D eigenvalue weighted by Crippen LogP contribution is 2.06. The van der Waals surface area contributed by atoms with Crippen LogP contribution < -0.4 is 10.9 Å². The zero-order valence-electron chi connectivity index (χ0n) is 13.2. The standard InChI is InChI=1S/C16H24N4O2/c1-13(12-19(2)9-10-21)17-7-8-20-16(22)15-6-4-3-5-14(15)11-18-20/h3-6,11,13,17,21H,7-10,12H2,1-2H3/t13-/m1/s1. The molecule has 120 valence electrons. The second-order valence-corrected chi connectivity index (χ2v) is 5.60. The van der Waals surface area contributed by atoms with Crippen LogP contribution in [0.3, 0.4) is 0 Å². The van der Waals surface area contributed by atoms with Gasteiger partial charge < -0.3 is 15.3 Å². The molecule has 0 bridgehead atoms. The summed E-state index contributed by atoms with van der Waals surface area (Å²) in [4.78, 5) is 14.4. The van der Waals surface area contributed by atoms with E-state index in [1.54, 1.807) is 6.20 Å². The number of nitrogens with zero attached hydrogens (tertiary/aromatic N) is 3. The fraction of sp³-hybridized carbons (Fsp3) is 0.500. The third-order valence-corrected chi connectivity index (χ3v) is 3.65. The van der Waals surface area contributed by atoms with Gasteiger partial charge in [-0.15, -0.1) is 0 Å². The molecule has 2 N–H and O–H groups in total. The first-order valence-corrected chi connectivity index (χ1v) is 7.59. The average Bonchev–Trinajstić information content (AvgIpc) is 2.50. The number of likely N-dealkylation sites (N-methyl/N-ethyl adjacent to an activating group) is 1. The Bertz CT molecular complexity index is 656. The molecule has 22 heavy (non-hydrogen) atoms. The molecule has 0 saturated heterocycles. The maximum absolute atomic E-state index is 12.3. The number of hydrogen-bond acceptors (Lipinski definition) is 5. The highest BCUT2D eigenvalue weighted by molar-refractivity contribution is 5.80. The summed E-state index contributed by atoms with van der Waals surface area (Å²) in [6.07, 6.45) is 1.73. The summed E-state index contributed by atoms with van der Waals surface area (Å²) >= 11 is 0. The molecule has 2 rings (SSSR count). The average molecular weight is 304 g/mol. The van der Waals surface area contributed by atoms with Crippen LogP contribution in [0.2, 0.25) is 0 Å². The molecule has 0 fully saturated rings. The van der Waals surface area contributed by atoms with Crippen LogP contribution in [0.1, 0.15) is 6.92 Å². The molecule has 0 aliphatic carbocycles. The van der Waals surface area contributed by atoms with Gasteiger partial charge in [0.05, 0.1) is 24.7 Å². The van der Waals surface area contributed by atoms with Crippen molar-refractivity contribution < 1.29 is 5.11 Å². The molecule has 1 aromatic heterocycles. The Morgan fingerprint density at radius 1 is 1.41 bits per heavy atom. The Balaban J connectivity index is 1.90. The van der Waals surface area contributed by atoms with Crippen LogP contribution in [0.4, 0.5) is 0 Å². The predicted octanol–water partition coefficient (Wildman–Crippen LogP) is 0.299. The molecular formula is C16H24N4O2. The first-order chi connectivity index (χ1) is 10.6. The maximum atomic E-state index is 12.3. The Labute approximate surface area is 130 Å². The largest absolute Gasteiger partial charge is 0.395 e. The monoisotopic (exact) mass is 304 g/mol. The van der Waals surface area contributed by atoms with Gasteiger partial charge in [0.2, 0.25) is 0 Å². The third-order valence-electron chi connectivity index (χ3n) is 3.65. The topological polar surface area (TPSA) is 70.4 Å². The van der Waals surface area contributed by atoms with E-state index >= 15 is 0 Å². The van der Waals surface area contributed by atoms with E-state index in [-0.39, 0.29) is 18.2 Å². The van der Waals surface area contributed by atoms with Crippen LogP contribution in [-0.2, 0) is 6.54 Å². The summed E-state index contributed by atoms with van der Waals surface area (Å²) in [5, 5.41) is 18.0. The minimum absolute atomic E-state index is 0.0510. The molecule has 0 radical (unpaired) electrons. The number of hydrogen-bond donors (Lipinski definition) is 2. The Kier molecular flexibility index (Phi) is 6.06. The van der Waals surface area contributed by atoms with E-state index in [0.717, 1.165) is 11.9 Å². The summed E-state index contributed by atoms with van der Waals surface area (Å²) in [6, 6.07) is 7.78. The minimum Gasteiger partial charge on any atom is -0.395 e. The van der Waals surface area contributed by atoms with Gasteiger partial charge in [0.1, 0.15) is 0 Å². The lowest BCUT2D eigenvalue weighted by Gasteiger charge is -2.21. The lowest BCUT2D eigenvalue weighted by molar-refractivity contribution is 0.210. The van der Waals surface area contributed by atoms with Gasteiger partial charge in [0.15, 0.2) is 0 Å². The van der Waals surface area contributed by atoms with Crippen molar-refractivity contribution in [3.05, 3.63) is 40.8 Å². The molecule has 6 heteroatoms. The summed E-state index contributed by atoms with van der Waals surface area (Å²) in [7, 11) is 1.98. The highest BCUT2D eigenvalue weighted by Gasteiger charge is 2.07. The lowest BCUT2D eigenvalue weighted by Crippen LogP contribution is -2.40. The quantitative estimate of drug-likeness (QED) is 0.734. The number of aliphatic hydroxyl groups excluding tert-OH is 1. The van der Waals surface area contributed by atoms with Gasteiger partial charge in [-0.1, -0.05) is 18.2 Å². The van der Waals surface area contributed by atoms with Gasteiger partial charge in [-0.25, -0.2) is 4.68 Å². The molecule has 2 aromatic rings. The summed E-state index contributed by atoms with van der Waals surface area (Å²) < 4.78 is 1.50. The molecule has 6 nitrogen and oxygen atoms in total. The second-order valence-electron chi connectivity index (χ2n) is 5.60. The van der Waals surface area contributed by atoms with Crippen molar-refractivity contribution in [3.63, 3.8) is 0 Å². The zero-order chi connectivity index (χ0) is 15.9. The number of aromatic nitrogens is 2. The van der Waals surface area contributed by atoms with E-state index in [4.69, 9.17) is 5.11 Å². The van der Waals surface area contributed by atoms with Gasteiger partial charge in [0, 0.05) is 31.1 Å². The molecule has 0 unspecified atom stereocenters. The number of rotatable bonds is 8. The Hall–Kier alpha value is -1.76. The van der Waals surface area contributed by atoms with E-state index in [1.807, 2.05) is 31.3 Å². The second kappa shape index (κ2) is 8.03. The SMILES string of the molecule is C[C@H](CN(C)CCO)NCCn1ncc2ccccc2c1=O. The zero-order valence-corrected chi connectivity index (χ0v) is 13.2. The van der Waals surface area contributed by atoms with Crippen LogP contribution in [0.5, 0.6) is 0 Å². The van der Waals surface area contributed by atoms with Gasteiger partial charge >= 0.3 is 0 Å². The van der Waals surface area contributed by atoms with E-state index in [9.17, 15) is 4.79 Å². The van der Waals surface area contributed by atoms with Crippen molar-refractivity contribution in [2.75, 3.05) is 33.3 Å². The molecule has 0 aliphatic heterocycles. The fourth-order valence-electron chi connectivity index (χ4n) is 2.50. The van der Waals surface area contributed by atoms with Crippen LogP contribution >= 0.6 is 0 Å². The van der Waals surface area contributed by atoms with Crippen molar-refractivity contribution in [2.45, 2.75) is 19.5 Å².